The summed E-state index contributed by atoms with van der Waals surface area (Å²) >= 11 is 3.36. The third kappa shape index (κ3) is 3.23. The highest BCUT2D eigenvalue weighted by Crippen LogP contribution is 2.22. The number of hydrogen-bond acceptors (Lipinski definition) is 4. The van der Waals surface area contributed by atoms with E-state index in [1.54, 1.807) is 12.1 Å². The molecule has 0 radical (unpaired) electrons. The number of hydrogen-bond donors (Lipinski definition) is 1. The SMILES string of the molecule is Cc1ccc(C(=O)Nc2nnc(-c3ccc(Br)cc3)o2)cc1. The monoisotopic (exact) mass is 357 g/mol. The van der Waals surface area contributed by atoms with Gasteiger partial charge in [0.25, 0.3) is 5.91 Å². The Balaban J connectivity index is 1.75. The molecule has 3 aromatic rings. The number of nitrogens with one attached hydrogen (secondary N) is 1. The number of amides is 1. The third-order valence-corrected chi connectivity index (χ3v) is 3.58. The van der Waals surface area contributed by atoms with Gasteiger partial charge in [0.05, 0.1) is 0 Å². The van der Waals surface area contributed by atoms with Crippen LogP contribution in [0.2, 0.25) is 0 Å². The molecule has 0 aliphatic rings. The average Bonchev–Trinajstić information content (AvgIpc) is 2.97. The Labute approximate surface area is 135 Å². The standard InChI is InChI=1S/C16H12BrN3O2/c1-10-2-4-11(5-3-10)14(21)18-16-20-19-15(22-16)12-6-8-13(17)9-7-12/h2-9H,1H3,(H,18,20,21). The Kier molecular flexibility index (Phi) is 4.02. The van der Waals surface area contributed by atoms with Crippen LogP contribution >= 0.6 is 15.9 Å². The van der Waals surface area contributed by atoms with Gasteiger partial charge in [-0.25, -0.2) is 0 Å². The normalized spacial score (nSPS) is 10.5. The van der Waals surface area contributed by atoms with Crippen LogP contribution in [0.5, 0.6) is 0 Å². The van der Waals surface area contributed by atoms with E-state index in [9.17, 15) is 4.79 Å². The summed E-state index contributed by atoms with van der Waals surface area (Å²) in [5.41, 5.74) is 2.41. The maximum absolute atomic E-state index is 12.1. The van der Waals surface area contributed by atoms with Crippen molar-refractivity contribution in [1.29, 1.82) is 0 Å². The summed E-state index contributed by atoms with van der Waals surface area (Å²) in [5.74, 6) is 0.0673. The molecule has 110 valence electrons. The molecule has 0 bridgehead atoms. The van der Waals surface area contributed by atoms with E-state index < -0.39 is 0 Å². The van der Waals surface area contributed by atoms with Crippen LogP contribution in [0.25, 0.3) is 11.5 Å². The topological polar surface area (TPSA) is 68.0 Å². The first-order valence-electron chi connectivity index (χ1n) is 6.59. The summed E-state index contributed by atoms with van der Waals surface area (Å²) in [4.78, 5) is 12.1. The molecule has 0 atom stereocenters. The van der Waals surface area contributed by atoms with E-state index in [0.29, 0.717) is 11.5 Å². The minimum Gasteiger partial charge on any atom is -0.403 e. The molecule has 1 heterocycles. The lowest BCUT2D eigenvalue weighted by atomic mass is 10.1. The number of carbonyl (C=O) groups excluding carboxylic acids is 1. The van der Waals surface area contributed by atoms with Crippen LogP contribution in [0.4, 0.5) is 6.01 Å². The van der Waals surface area contributed by atoms with Crippen LogP contribution in [-0.4, -0.2) is 16.1 Å². The highest BCUT2D eigenvalue weighted by atomic mass is 79.9. The van der Waals surface area contributed by atoms with Gasteiger partial charge >= 0.3 is 6.01 Å². The highest BCUT2D eigenvalue weighted by Gasteiger charge is 2.12. The van der Waals surface area contributed by atoms with E-state index in [1.807, 2.05) is 43.3 Å². The minimum atomic E-state index is -0.286. The maximum atomic E-state index is 12.1. The zero-order valence-corrected chi connectivity index (χ0v) is 13.3. The van der Waals surface area contributed by atoms with Crippen LogP contribution in [0.3, 0.4) is 0 Å². The lowest BCUT2D eigenvalue weighted by molar-refractivity contribution is 0.102. The zero-order chi connectivity index (χ0) is 15.5. The molecular formula is C16H12BrN3O2. The third-order valence-electron chi connectivity index (χ3n) is 3.05. The molecule has 0 aliphatic heterocycles. The van der Waals surface area contributed by atoms with E-state index >= 15 is 0 Å². The van der Waals surface area contributed by atoms with Crippen molar-refractivity contribution >= 4 is 27.9 Å². The van der Waals surface area contributed by atoms with Crippen molar-refractivity contribution in [2.45, 2.75) is 6.92 Å². The first-order valence-corrected chi connectivity index (χ1v) is 7.38. The van der Waals surface area contributed by atoms with E-state index in [1.165, 1.54) is 0 Å². The van der Waals surface area contributed by atoms with Gasteiger partial charge in [-0.2, -0.15) is 0 Å². The van der Waals surface area contributed by atoms with Gasteiger partial charge in [0.2, 0.25) is 5.89 Å². The molecule has 3 rings (SSSR count). The summed E-state index contributed by atoms with van der Waals surface area (Å²) in [6, 6.07) is 14.8. The molecule has 22 heavy (non-hydrogen) atoms. The summed E-state index contributed by atoms with van der Waals surface area (Å²) in [7, 11) is 0. The molecule has 0 unspecified atom stereocenters. The van der Waals surface area contributed by atoms with Crippen molar-refractivity contribution in [3.05, 3.63) is 64.1 Å². The Morgan fingerprint density at radius 3 is 2.41 bits per heavy atom. The van der Waals surface area contributed by atoms with Crippen LogP contribution in [0.1, 0.15) is 15.9 Å². The van der Waals surface area contributed by atoms with Crippen molar-refractivity contribution in [2.24, 2.45) is 0 Å². The smallest absolute Gasteiger partial charge is 0.322 e. The lowest BCUT2D eigenvalue weighted by Crippen LogP contribution is -2.11. The molecule has 1 N–H and O–H groups in total. The summed E-state index contributed by atoms with van der Waals surface area (Å²) in [6.07, 6.45) is 0. The van der Waals surface area contributed by atoms with Gasteiger partial charge in [0.15, 0.2) is 0 Å². The fraction of sp³-hybridized carbons (Fsp3) is 0.0625. The quantitative estimate of drug-likeness (QED) is 0.767. The number of benzene rings is 2. The van der Waals surface area contributed by atoms with Gasteiger partial charge in [-0.05, 0) is 43.3 Å². The first-order chi connectivity index (χ1) is 10.6. The van der Waals surface area contributed by atoms with Gasteiger partial charge in [-0.15, -0.1) is 5.10 Å². The minimum absolute atomic E-state index is 0.0727. The average molecular weight is 358 g/mol. The van der Waals surface area contributed by atoms with Crippen LogP contribution in [0, 0.1) is 6.92 Å². The van der Waals surface area contributed by atoms with Crippen molar-refractivity contribution in [2.75, 3.05) is 5.32 Å². The molecule has 0 saturated heterocycles. The van der Waals surface area contributed by atoms with Gasteiger partial charge in [0.1, 0.15) is 0 Å². The van der Waals surface area contributed by atoms with Gasteiger partial charge in [-0.3, -0.25) is 10.1 Å². The van der Waals surface area contributed by atoms with Gasteiger partial charge in [0, 0.05) is 15.6 Å². The summed E-state index contributed by atoms with van der Waals surface area (Å²) in [6.45, 7) is 1.96. The molecule has 0 spiro atoms. The van der Waals surface area contributed by atoms with Crippen molar-refractivity contribution in [3.63, 3.8) is 0 Å². The second-order valence-corrected chi connectivity index (χ2v) is 5.66. The Morgan fingerprint density at radius 1 is 1.05 bits per heavy atom. The Hall–Kier alpha value is -2.47. The lowest BCUT2D eigenvalue weighted by Gasteiger charge is -2.00. The summed E-state index contributed by atoms with van der Waals surface area (Å²) in [5, 5.41) is 10.4. The second-order valence-electron chi connectivity index (χ2n) is 4.74. The molecule has 2 aromatic carbocycles. The number of aryl methyl sites for hydroxylation is 1. The first kappa shape index (κ1) is 14.5. The van der Waals surface area contributed by atoms with Gasteiger partial charge < -0.3 is 4.42 Å². The van der Waals surface area contributed by atoms with E-state index in [-0.39, 0.29) is 11.9 Å². The Bertz CT molecular complexity index is 795. The maximum Gasteiger partial charge on any atom is 0.322 e. The predicted molar refractivity (Wildman–Crippen MR) is 86.6 cm³/mol. The molecule has 1 amide bonds. The molecule has 0 saturated carbocycles. The number of aromatic nitrogens is 2. The van der Waals surface area contributed by atoms with Crippen LogP contribution in [-0.2, 0) is 0 Å². The predicted octanol–water partition coefficient (Wildman–Crippen LogP) is 4.06. The van der Waals surface area contributed by atoms with Crippen LogP contribution < -0.4 is 5.32 Å². The number of carbonyl (C=O) groups is 1. The van der Waals surface area contributed by atoms with Crippen molar-refractivity contribution in [3.8, 4) is 11.5 Å². The molecule has 1 aromatic heterocycles. The van der Waals surface area contributed by atoms with E-state index in [2.05, 4.69) is 31.4 Å². The van der Waals surface area contributed by atoms with E-state index in [4.69, 9.17) is 4.42 Å². The summed E-state index contributed by atoms with van der Waals surface area (Å²) < 4.78 is 6.42. The van der Waals surface area contributed by atoms with Crippen molar-refractivity contribution in [1.82, 2.24) is 10.2 Å². The van der Waals surface area contributed by atoms with Gasteiger partial charge in [-0.1, -0.05) is 38.7 Å². The second kappa shape index (κ2) is 6.11. The van der Waals surface area contributed by atoms with E-state index in [0.717, 1.165) is 15.6 Å². The molecule has 6 heteroatoms. The number of anilines is 1. The fourth-order valence-electron chi connectivity index (χ4n) is 1.86. The fourth-order valence-corrected chi connectivity index (χ4v) is 2.12. The molecule has 5 nitrogen and oxygen atoms in total. The largest absolute Gasteiger partial charge is 0.403 e. The zero-order valence-electron chi connectivity index (χ0n) is 11.7. The number of halogens is 1. The van der Waals surface area contributed by atoms with Crippen LogP contribution in [0.15, 0.2) is 57.4 Å². The highest BCUT2D eigenvalue weighted by molar-refractivity contribution is 9.10. The molecular weight excluding hydrogens is 346 g/mol. The molecule has 0 aliphatic carbocycles. The number of rotatable bonds is 3. The molecule has 0 fully saturated rings. The van der Waals surface area contributed by atoms with Crippen molar-refractivity contribution < 1.29 is 9.21 Å². The Morgan fingerprint density at radius 2 is 1.73 bits per heavy atom. The number of nitrogens with zero attached hydrogens (tertiary/aromatic N) is 2.